The zero-order valence-corrected chi connectivity index (χ0v) is 17.4. The molecule has 158 valence electrons. The summed E-state index contributed by atoms with van der Waals surface area (Å²) in [4.78, 5) is 26.8. The molecule has 0 atom stereocenters. The maximum absolute atomic E-state index is 12.6. The molecule has 0 aliphatic carbocycles. The topological polar surface area (TPSA) is 88.8 Å². The second kappa shape index (κ2) is 9.11. The molecule has 30 heavy (non-hydrogen) atoms. The third-order valence-electron chi connectivity index (χ3n) is 5.63. The highest BCUT2D eigenvalue weighted by Gasteiger charge is 2.18. The number of hydrogen-bond donors (Lipinski definition) is 1. The molecule has 8 nitrogen and oxygen atoms in total. The lowest BCUT2D eigenvalue weighted by Gasteiger charge is -2.16. The molecule has 0 saturated heterocycles. The van der Waals surface area contributed by atoms with Crippen molar-refractivity contribution >= 4 is 5.91 Å². The lowest BCUT2D eigenvalue weighted by molar-refractivity contribution is -0.130. The van der Waals surface area contributed by atoms with Crippen LogP contribution in [-0.4, -0.2) is 48.9 Å². The van der Waals surface area contributed by atoms with Gasteiger partial charge in [0.05, 0.1) is 5.69 Å². The summed E-state index contributed by atoms with van der Waals surface area (Å²) in [7, 11) is 1.77. The van der Waals surface area contributed by atoms with E-state index in [-0.39, 0.29) is 18.1 Å². The van der Waals surface area contributed by atoms with Gasteiger partial charge in [0.25, 0.3) is 0 Å². The van der Waals surface area contributed by atoms with Crippen LogP contribution in [-0.2, 0) is 30.7 Å². The fourth-order valence-electron chi connectivity index (χ4n) is 3.85. The highest BCUT2D eigenvalue weighted by Crippen LogP contribution is 2.17. The first-order valence-electron chi connectivity index (χ1n) is 10.6. The summed E-state index contributed by atoms with van der Waals surface area (Å²) < 4.78 is 3.04. The number of amides is 1. The van der Waals surface area contributed by atoms with Crippen LogP contribution < -0.4 is 5.69 Å². The number of aryl methyl sites for hydroxylation is 2. The summed E-state index contributed by atoms with van der Waals surface area (Å²) in [6, 6.07) is 12.1. The fourth-order valence-corrected chi connectivity index (χ4v) is 3.85. The minimum atomic E-state index is -0.167. The third-order valence-corrected chi connectivity index (χ3v) is 5.63. The summed E-state index contributed by atoms with van der Waals surface area (Å²) in [6.45, 7) is 1.31. The van der Waals surface area contributed by atoms with Crippen molar-refractivity contribution in [3.8, 4) is 11.3 Å². The number of hydrogen-bond acceptors (Lipinski definition) is 4. The van der Waals surface area contributed by atoms with E-state index >= 15 is 0 Å². The van der Waals surface area contributed by atoms with Crippen molar-refractivity contribution in [2.24, 2.45) is 0 Å². The van der Waals surface area contributed by atoms with Gasteiger partial charge in [0.2, 0.25) is 5.91 Å². The highest BCUT2D eigenvalue weighted by atomic mass is 16.2. The fraction of sp³-hybridized carbons (Fsp3) is 0.455. The zero-order valence-electron chi connectivity index (χ0n) is 17.4. The van der Waals surface area contributed by atoms with Crippen molar-refractivity contribution < 1.29 is 4.79 Å². The summed E-state index contributed by atoms with van der Waals surface area (Å²) in [6.07, 6.45) is 5.58. The molecule has 4 rings (SSSR count). The van der Waals surface area contributed by atoms with E-state index in [2.05, 4.69) is 21.4 Å². The second-order valence-electron chi connectivity index (χ2n) is 7.88. The number of nitrogens with zero attached hydrogens (tertiary/aromatic N) is 5. The van der Waals surface area contributed by atoms with Crippen LogP contribution in [0.1, 0.15) is 37.2 Å². The molecule has 0 spiro atoms. The second-order valence-corrected chi connectivity index (χ2v) is 7.88. The van der Waals surface area contributed by atoms with E-state index in [0.29, 0.717) is 13.1 Å². The lowest BCUT2D eigenvalue weighted by Crippen LogP contribution is -2.35. The van der Waals surface area contributed by atoms with Gasteiger partial charge >= 0.3 is 5.69 Å². The molecule has 0 fully saturated rings. The van der Waals surface area contributed by atoms with Gasteiger partial charge in [-0.25, -0.2) is 9.48 Å². The molecule has 0 bridgehead atoms. The Kier molecular flexibility index (Phi) is 6.11. The van der Waals surface area contributed by atoms with Gasteiger partial charge in [-0.1, -0.05) is 36.8 Å². The number of likely N-dealkylation sites (N-methyl/N-ethyl adjacent to an activating group) is 1. The molecular weight excluding hydrogens is 380 g/mol. The molecule has 3 aromatic rings. The Hall–Kier alpha value is -3.16. The average Bonchev–Trinajstić information content (AvgIpc) is 3.25. The zero-order chi connectivity index (χ0) is 20.9. The molecule has 0 radical (unpaired) electrons. The van der Waals surface area contributed by atoms with E-state index < -0.39 is 0 Å². The van der Waals surface area contributed by atoms with Crippen LogP contribution in [0.3, 0.4) is 0 Å². The van der Waals surface area contributed by atoms with Crippen molar-refractivity contribution in [2.45, 2.75) is 51.6 Å². The number of H-pyrrole nitrogens is 1. The van der Waals surface area contributed by atoms with Gasteiger partial charge in [-0.2, -0.15) is 10.2 Å². The lowest BCUT2D eigenvalue weighted by atomic mass is 10.1. The van der Waals surface area contributed by atoms with Gasteiger partial charge in [0.15, 0.2) is 0 Å². The molecule has 8 heteroatoms. The smallest absolute Gasteiger partial charge is 0.344 e. The normalized spacial score (nSPS) is 13.6. The molecule has 0 unspecified atom stereocenters. The summed E-state index contributed by atoms with van der Waals surface area (Å²) in [5, 5.41) is 11.8. The Balaban J connectivity index is 1.29. The van der Waals surface area contributed by atoms with Crippen LogP contribution in [0.2, 0.25) is 0 Å². The number of aromatic amines is 1. The van der Waals surface area contributed by atoms with Crippen molar-refractivity contribution in [2.75, 3.05) is 13.6 Å². The van der Waals surface area contributed by atoms with E-state index in [1.165, 1.54) is 4.68 Å². The van der Waals surface area contributed by atoms with E-state index in [1.54, 1.807) is 16.5 Å². The predicted octanol–water partition coefficient (Wildman–Crippen LogP) is 2.25. The highest BCUT2D eigenvalue weighted by molar-refractivity contribution is 5.75. The van der Waals surface area contributed by atoms with Gasteiger partial charge in [-0.05, 0) is 31.7 Å². The number of fused-ring (bicyclic) bond motifs is 1. The van der Waals surface area contributed by atoms with Gasteiger partial charge in [-0.15, -0.1) is 0 Å². The first-order chi connectivity index (χ1) is 14.6. The first-order valence-corrected chi connectivity index (χ1v) is 10.6. The van der Waals surface area contributed by atoms with E-state index in [4.69, 9.17) is 0 Å². The maximum Gasteiger partial charge on any atom is 0.346 e. The largest absolute Gasteiger partial charge is 0.346 e. The number of benzene rings is 1. The Bertz CT molecular complexity index is 1050. The van der Waals surface area contributed by atoms with Crippen LogP contribution in [0.25, 0.3) is 11.3 Å². The number of carbonyl (C=O) groups excluding carboxylic acids is 1. The SMILES string of the molecule is CN(CCCc1cc(-c2ccccc2)n[nH]1)C(=O)Cn1nc2n(c1=O)CCCCC2. The van der Waals surface area contributed by atoms with Crippen LogP contribution in [0.4, 0.5) is 0 Å². The predicted molar refractivity (Wildman–Crippen MR) is 114 cm³/mol. The standard InChI is InChI=1S/C22H28N6O2/c1-26(13-8-11-18-15-19(24-23-18)17-9-4-2-5-10-17)21(29)16-28-22(30)27-14-7-3-6-12-20(27)25-28/h2,4-5,9-10,15H,3,6-8,11-14,16H2,1H3,(H,23,24). The summed E-state index contributed by atoms with van der Waals surface area (Å²) >= 11 is 0. The van der Waals surface area contributed by atoms with Crippen molar-refractivity contribution in [3.63, 3.8) is 0 Å². The number of carbonyl (C=O) groups is 1. The summed E-state index contributed by atoms with van der Waals surface area (Å²) in [5.74, 6) is 0.710. The van der Waals surface area contributed by atoms with E-state index in [1.807, 2.05) is 30.3 Å². The van der Waals surface area contributed by atoms with Crippen molar-refractivity contribution in [3.05, 3.63) is 58.4 Å². The molecular formula is C22H28N6O2. The van der Waals surface area contributed by atoms with Crippen LogP contribution >= 0.6 is 0 Å². The van der Waals surface area contributed by atoms with Gasteiger partial charge in [-0.3, -0.25) is 14.5 Å². The Morgan fingerprint density at radius 3 is 2.87 bits per heavy atom. The molecule has 1 aliphatic heterocycles. The molecule has 2 aromatic heterocycles. The molecule has 1 N–H and O–H groups in total. The Morgan fingerprint density at radius 2 is 2.03 bits per heavy atom. The molecule has 0 saturated carbocycles. The minimum absolute atomic E-state index is 0.00243. The Labute approximate surface area is 175 Å². The molecule has 3 heterocycles. The number of nitrogens with one attached hydrogen (secondary N) is 1. The number of rotatable bonds is 7. The Morgan fingerprint density at radius 1 is 1.20 bits per heavy atom. The van der Waals surface area contributed by atoms with Gasteiger partial charge in [0.1, 0.15) is 12.4 Å². The van der Waals surface area contributed by atoms with Crippen LogP contribution in [0, 0.1) is 0 Å². The molecule has 1 aromatic carbocycles. The van der Waals surface area contributed by atoms with E-state index in [9.17, 15) is 9.59 Å². The van der Waals surface area contributed by atoms with Gasteiger partial charge < -0.3 is 4.90 Å². The van der Waals surface area contributed by atoms with Gasteiger partial charge in [0, 0.05) is 37.8 Å². The van der Waals surface area contributed by atoms with Crippen molar-refractivity contribution in [1.82, 2.24) is 29.4 Å². The molecule has 1 amide bonds. The third kappa shape index (κ3) is 4.53. The number of aromatic nitrogens is 5. The van der Waals surface area contributed by atoms with Crippen LogP contribution in [0.5, 0.6) is 0 Å². The molecule has 1 aliphatic rings. The van der Waals surface area contributed by atoms with Crippen molar-refractivity contribution in [1.29, 1.82) is 0 Å². The minimum Gasteiger partial charge on any atom is -0.344 e. The maximum atomic E-state index is 12.6. The monoisotopic (exact) mass is 408 g/mol. The van der Waals surface area contributed by atoms with Crippen LogP contribution in [0.15, 0.2) is 41.2 Å². The first kappa shape index (κ1) is 20.1. The average molecular weight is 409 g/mol. The quantitative estimate of drug-likeness (QED) is 0.649. The van der Waals surface area contributed by atoms with E-state index in [0.717, 1.165) is 61.3 Å². The summed E-state index contributed by atoms with van der Waals surface area (Å²) in [5.41, 5.74) is 2.88.